The molecule has 0 saturated carbocycles. The van der Waals surface area contributed by atoms with E-state index in [9.17, 15) is 13.6 Å². The second kappa shape index (κ2) is 4.95. The highest BCUT2D eigenvalue weighted by Crippen LogP contribution is 2.33. The Kier molecular flexibility index (Phi) is 4.08. The van der Waals surface area contributed by atoms with Crippen molar-refractivity contribution in [3.63, 3.8) is 0 Å². The summed E-state index contributed by atoms with van der Waals surface area (Å²) in [4.78, 5) is 11.6. The van der Waals surface area contributed by atoms with E-state index in [1.54, 1.807) is 26.0 Å². The van der Waals surface area contributed by atoms with Crippen LogP contribution in [0.4, 0.5) is 8.78 Å². The summed E-state index contributed by atoms with van der Waals surface area (Å²) in [6.45, 7) is 5.14. The van der Waals surface area contributed by atoms with Gasteiger partial charge in [0.1, 0.15) is 0 Å². The summed E-state index contributed by atoms with van der Waals surface area (Å²) in [5.41, 5.74) is 1.67. The Morgan fingerprint density at radius 2 is 2.00 bits per heavy atom. The van der Waals surface area contributed by atoms with Crippen LogP contribution in [0.5, 0.6) is 0 Å². The molecule has 1 aromatic carbocycles. The third kappa shape index (κ3) is 2.82. The number of rotatable bonds is 4. The first-order chi connectivity index (χ1) is 7.38. The number of halogens is 2. The Hall–Kier alpha value is -0.900. The Labute approximate surface area is 98.2 Å². The van der Waals surface area contributed by atoms with Crippen molar-refractivity contribution in [3.8, 4) is 0 Å². The molecule has 1 nitrogen and oxygen atoms in total. The summed E-state index contributed by atoms with van der Waals surface area (Å²) in [6, 6.07) is 4.88. The van der Waals surface area contributed by atoms with Gasteiger partial charge in [-0.15, -0.1) is 0 Å². The number of thioether (sulfide) groups is 1. The van der Waals surface area contributed by atoms with E-state index >= 15 is 0 Å². The molecule has 0 fully saturated rings. The lowest BCUT2D eigenvalue weighted by molar-refractivity contribution is 0.0566. The molecular weight excluding hydrogens is 230 g/mol. The first-order valence-corrected chi connectivity index (χ1v) is 6.01. The number of alkyl halides is 2. The van der Waals surface area contributed by atoms with Crippen molar-refractivity contribution < 1.29 is 13.6 Å². The predicted octanol–water partition coefficient (Wildman–Crippen LogP) is 3.83. The summed E-state index contributed by atoms with van der Waals surface area (Å²) in [5.74, 6) is -0.888. The first-order valence-electron chi connectivity index (χ1n) is 5.02. The van der Waals surface area contributed by atoms with Crippen LogP contribution >= 0.6 is 11.8 Å². The SMILES string of the molecule is CCSC(F)(F)C(=O)c1ccc(C)cc1C. The molecule has 1 aromatic rings. The van der Waals surface area contributed by atoms with Gasteiger partial charge in [0.2, 0.25) is 5.78 Å². The molecule has 0 unspecified atom stereocenters. The lowest BCUT2D eigenvalue weighted by Crippen LogP contribution is -2.25. The summed E-state index contributed by atoms with van der Waals surface area (Å²) in [6.07, 6.45) is 0. The van der Waals surface area contributed by atoms with Crippen molar-refractivity contribution >= 4 is 17.5 Å². The van der Waals surface area contributed by atoms with Crippen molar-refractivity contribution in [1.29, 1.82) is 0 Å². The monoisotopic (exact) mass is 244 g/mol. The summed E-state index contributed by atoms with van der Waals surface area (Å²) >= 11 is 0.367. The van der Waals surface area contributed by atoms with Crippen LogP contribution in [-0.4, -0.2) is 16.8 Å². The third-order valence-electron chi connectivity index (χ3n) is 2.22. The van der Waals surface area contributed by atoms with Gasteiger partial charge in [-0.2, -0.15) is 8.78 Å². The largest absolute Gasteiger partial charge is 0.355 e. The molecule has 1 rings (SSSR count). The molecule has 0 aliphatic carbocycles. The molecule has 4 heteroatoms. The molecule has 0 spiro atoms. The summed E-state index contributed by atoms with van der Waals surface area (Å²) in [5, 5.41) is -3.32. The van der Waals surface area contributed by atoms with Gasteiger partial charge in [0, 0.05) is 5.56 Å². The minimum absolute atomic E-state index is 0.108. The highest BCUT2D eigenvalue weighted by Gasteiger charge is 2.39. The van der Waals surface area contributed by atoms with Gasteiger partial charge < -0.3 is 0 Å². The van der Waals surface area contributed by atoms with Crippen LogP contribution < -0.4 is 0 Å². The van der Waals surface area contributed by atoms with Gasteiger partial charge in [0.15, 0.2) is 0 Å². The molecule has 0 atom stereocenters. The molecule has 0 aromatic heterocycles. The van der Waals surface area contributed by atoms with Gasteiger partial charge >= 0.3 is 5.25 Å². The third-order valence-corrected chi connectivity index (χ3v) is 3.05. The number of hydrogen-bond acceptors (Lipinski definition) is 2. The van der Waals surface area contributed by atoms with Crippen LogP contribution in [-0.2, 0) is 0 Å². The molecule has 0 amide bonds. The van der Waals surface area contributed by atoms with E-state index in [0.717, 1.165) is 5.56 Å². The molecule has 0 aliphatic heterocycles. The molecule has 16 heavy (non-hydrogen) atoms. The standard InChI is InChI=1S/C12H14F2OS/c1-4-16-12(13,14)11(15)10-6-5-8(2)7-9(10)3/h5-7H,4H2,1-3H3. The van der Waals surface area contributed by atoms with Crippen molar-refractivity contribution in [2.75, 3.05) is 5.75 Å². The van der Waals surface area contributed by atoms with Gasteiger partial charge in [-0.25, -0.2) is 0 Å². The topological polar surface area (TPSA) is 17.1 Å². The van der Waals surface area contributed by atoms with Crippen molar-refractivity contribution in [2.45, 2.75) is 26.0 Å². The van der Waals surface area contributed by atoms with E-state index < -0.39 is 11.0 Å². The molecule has 0 heterocycles. The number of benzene rings is 1. The zero-order valence-electron chi connectivity index (χ0n) is 9.51. The van der Waals surface area contributed by atoms with Crippen molar-refractivity contribution in [3.05, 3.63) is 34.9 Å². The number of aryl methyl sites for hydroxylation is 2. The average Bonchev–Trinajstić information content (AvgIpc) is 2.16. The van der Waals surface area contributed by atoms with Crippen LogP contribution in [0.25, 0.3) is 0 Å². The highest BCUT2D eigenvalue weighted by molar-refractivity contribution is 8.01. The summed E-state index contributed by atoms with van der Waals surface area (Å²) < 4.78 is 26.8. The number of hydrogen-bond donors (Lipinski definition) is 0. The first kappa shape index (κ1) is 13.2. The lowest BCUT2D eigenvalue weighted by Gasteiger charge is -2.14. The van der Waals surface area contributed by atoms with Crippen molar-refractivity contribution in [1.82, 2.24) is 0 Å². The maximum atomic E-state index is 13.4. The average molecular weight is 244 g/mol. The quantitative estimate of drug-likeness (QED) is 0.749. The smallest absolute Gasteiger partial charge is 0.286 e. The fourth-order valence-electron chi connectivity index (χ4n) is 1.47. The van der Waals surface area contributed by atoms with Gasteiger partial charge in [0.25, 0.3) is 0 Å². The van der Waals surface area contributed by atoms with E-state index in [1.807, 2.05) is 6.92 Å². The van der Waals surface area contributed by atoms with Crippen LogP contribution in [0.1, 0.15) is 28.4 Å². The second-order valence-corrected chi connectivity index (χ2v) is 4.98. The molecule has 0 N–H and O–H groups in total. The van der Waals surface area contributed by atoms with Crippen LogP contribution in [0, 0.1) is 13.8 Å². The van der Waals surface area contributed by atoms with Gasteiger partial charge in [0.05, 0.1) is 0 Å². The minimum atomic E-state index is -3.32. The Balaban J connectivity index is 3.05. The van der Waals surface area contributed by atoms with E-state index in [0.29, 0.717) is 17.3 Å². The van der Waals surface area contributed by atoms with Gasteiger partial charge in [-0.1, -0.05) is 42.4 Å². The van der Waals surface area contributed by atoms with Crippen LogP contribution in [0.2, 0.25) is 0 Å². The fraction of sp³-hybridized carbons (Fsp3) is 0.417. The van der Waals surface area contributed by atoms with E-state index in [-0.39, 0.29) is 11.3 Å². The highest BCUT2D eigenvalue weighted by atomic mass is 32.2. The number of Topliss-reactive ketones (excluding diaryl/α,β-unsaturated/α-hetero) is 1. The number of carbonyl (C=O) groups excluding carboxylic acids is 1. The molecule has 0 bridgehead atoms. The maximum Gasteiger partial charge on any atom is 0.355 e. The van der Waals surface area contributed by atoms with E-state index in [1.165, 1.54) is 6.07 Å². The molecular formula is C12H14F2OS. The Morgan fingerprint density at radius 3 is 2.50 bits per heavy atom. The number of ketones is 1. The summed E-state index contributed by atoms with van der Waals surface area (Å²) in [7, 11) is 0. The maximum absolute atomic E-state index is 13.4. The molecule has 0 saturated heterocycles. The predicted molar refractivity (Wildman–Crippen MR) is 63.3 cm³/mol. The Bertz CT molecular complexity index is 402. The molecule has 0 radical (unpaired) electrons. The number of carbonyl (C=O) groups is 1. The minimum Gasteiger partial charge on any atom is -0.286 e. The fourth-order valence-corrected chi connectivity index (χ4v) is 2.08. The van der Waals surface area contributed by atoms with E-state index in [4.69, 9.17) is 0 Å². The van der Waals surface area contributed by atoms with Crippen molar-refractivity contribution in [2.24, 2.45) is 0 Å². The lowest BCUT2D eigenvalue weighted by atomic mass is 10.0. The van der Waals surface area contributed by atoms with Gasteiger partial charge in [-0.05, 0) is 25.2 Å². The molecule has 88 valence electrons. The Morgan fingerprint density at radius 1 is 1.38 bits per heavy atom. The van der Waals surface area contributed by atoms with Crippen LogP contribution in [0.3, 0.4) is 0 Å². The molecule has 0 aliphatic rings. The zero-order valence-corrected chi connectivity index (χ0v) is 10.3. The van der Waals surface area contributed by atoms with Gasteiger partial charge in [-0.3, -0.25) is 4.79 Å². The van der Waals surface area contributed by atoms with Crippen LogP contribution in [0.15, 0.2) is 18.2 Å². The normalized spacial score (nSPS) is 11.6. The van der Waals surface area contributed by atoms with E-state index in [2.05, 4.69) is 0 Å². The zero-order chi connectivity index (χ0) is 12.3. The second-order valence-electron chi connectivity index (χ2n) is 3.60.